The molecule has 0 amide bonds. The van der Waals surface area contributed by atoms with Crippen molar-refractivity contribution < 1.29 is 4.42 Å². The molecule has 1 aliphatic carbocycles. The van der Waals surface area contributed by atoms with Crippen LogP contribution >= 0.6 is 0 Å². The first kappa shape index (κ1) is 8.82. The van der Waals surface area contributed by atoms with E-state index >= 15 is 0 Å². The highest BCUT2D eigenvalue weighted by atomic mass is 16.3. The van der Waals surface area contributed by atoms with E-state index in [9.17, 15) is 0 Å². The van der Waals surface area contributed by atoms with Crippen LogP contribution in [0.5, 0.6) is 0 Å². The number of hydrogen-bond donors (Lipinski definition) is 1. The van der Waals surface area contributed by atoms with Gasteiger partial charge in [-0.05, 0) is 56.3 Å². The van der Waals surface area contributed by atoms with Crippen LogP contribution < -0.4 is 5.32 Å². The van der Waals surface area contributed by atoms with Gasteiger partial charge in [0.2, 0.25) is 0 Å². The van der Waals surface area contributed by atoms with E-state index in [4.69, 9.17) is 4.42 Å². The van der Waals surface area contributed by atoms with Crippen LogP contribution in [0.2, 0.25) is 0 Å². The summed E-state index contributed by atoms with van der Waals surface area (Å²) in [6.45, 7) is 3.27. The minimum absolute atomic E-state index is 0.742. The van der Waals surface area contributed by atoms with Gasteiger partial charge in [-0.25, -0.2) is 0 Å². The van der Waals surface area contributed by atoms with Crippen molar-refractivity contribution in [3.05, 3.63) is 23.7 Å². The predicted molar refractivity (Wildman–Crippen MR) is 52.8 cm³/mol. The fourth-order valence-corrected chi connectivity index (χ4v) is 2.24. The molecule has 2 heteroatoms. The highest BCUT2D eigenvalue weighted by Crippen LogP contribution is 2.43. The second-order valence-electron chi connectivity index (χ2n) is 4.01. The lowest BCUT2D eigenvalue weighted by Crippen LogP contribution is -2.32. The third kappa shape index (κ3) is 1.51. The number of aryl methyl sites for hydroxylation is 1. The third-order valence-electron chi connectivity index (χ3n) is 3.18. The van der Waals surface area contributed by atoms with Crippen molar-refractivity contribution in [2.24, 2.45) is 5.92 Å². The Kier molecular flexibility index (Phi) is 2.40. The van der Waals surface area contributed by atoms with Gasteiger partial charge in [-0.3, -0.25) is 0 Å². The average molecular weight is 179 g/mol. The van der Waals surface area contributed by atoms with Gasteiger partial charge in [-0.2, -0.15) is 0 Å². The Morgan fingerprint density at radius 2 is 2.31 bits per heavy atom. The van der Waals surface area contributed by atoms with Gasteiger partial charge in [0.1, 0.15) is 0 Å². The van der Waals surface area contributed by atoms with Gasteiger partial charge in [0, 0.05) is 0 Å². The van der Waals surface area contributed by atoms with Crippen molar-refractivity contribution in [2.45, 2.75) is 25.7 Å². The summed E-state index contributed by atoms with van der Waals surface area (Å²) in [6, 6.07) is 0. The highest BCUT2D eigenvalue weighted by Gasteiger charge is 2.32. The maximum atomic E-state index is 5.21. The molecule has 72 valence electrons. The second kappa shape index (κ2) is 3.54. The molecule has 2 rings (SSSR count). The maximum Gasteiger partial charge on any atom is 0.0940 e. The Bertz CT molecular complexity index is 279. The fraction of sp³-hybridized carbons (Fsp3) is 0.636. The summed E-state index contributed by atoms with van der Waals surface area (Å²) in [4.78, 5) is 0. The van der Waals surface area contributed by atoms with Crippen LogP contribution in [0, 0.1) is 12.8 Å². The number of hydrogen-bond acceptors (Lipinski definition) is 2. The van der Waals surface area contributed by atoms with E-state index < -0.39 is 0 Å². The molecule has 1 aliphatic rings. The van der Waals surface area contributed by atoms with Crippen LogP contribution in [-0.4, -0.2) is 13.6 Å². The summed E-state index contributed by atoms with van der Waals surface area (Å²) in [7, 11) is 2.03. The Labute approximate surface area is 79.3 Å². The van der Waals surface area contributed by atoms with Crippen LogP contribution in [0.25, 0.3) is 0 Å². The van der Waals surface area contributed by atoms with Crippen molar-refractivity contribution in [3.63, 3.8) is 0 Å². The van der Waals surface area contributed by atoms with Crippen molar-refractivity contribution in [3.8, 4) is 0 Å². The molecule has 2 nitrogen and oxygen atoms in total. The molecule has 2 atom stereocenters. The summed E-state index contributed by atoms with van der Waals surface area (Å²) < 4.78 is 5.21. The van der Waals surface area contributed by atoms with E-state index in [2.05, 4.69) is 12.2 Å². The zero-order chi connectivity index (χ0) is 9.26. The van der Waals surface area contributed by atoms with Crippen LogP contribution in [0.3, 0.4) is 0 Å². The Morgan fingerprint density at radius 3 is 2.77 bits per heavy atom. The van der Waals surface area contributed by atoms with Crippen molar-refractivity contribution in [2.75, 3.05) is 13.6 Å². The van der Waals surface area contributed by atoms with Crippen LogP contribution in [0.15, 0.2) is 16.9 Å². The molecule has 0 spiro atoms. The molecule has 1 aromatic rings. The smallest absolute Gasteiger partial charge is 0.0940 e. The van der Waals surface area contributed by atoms with Gasteiger partial charge in [-0.1, -0.05) is 0 Å². The molecule has 1 heterocycles. The predicted octanol–water partition coefficient (Wildman–Crippen LogP) is 2.30. The molecule has 1 aromatic heterocycles. The Hall–Kier alpha value is -0.760. The lowest BCUT2D eigenvalue weighted by molar-refractivity contribution is 0.249. The first-order valence-corrected chi connectivity index (χ1v) is 5.00. The molecular weight excluding hydrogens is 162 g/mol. The first-order chi connectivity index (χ1) is 6.33. The number of rotatable bonds is 3. The molecule has 1 saturated carbocycles. The summed E-state index contributed by atoms with van der Waals surface area (Å²) >= 11 is 0. The second-order valence-corrected chi connectivity index (χ2v) is 4.01. The standard InChI is InChI=1S/C11H17NO/c1-8-6-13-7-11(8)10-4-3-9(10)5-12-2/h6-7,9-10,12H,3-5H2,1-2H3. The number of furan rings is 1. The SMILES string of the molecule is CNCC1CCC1c1cocc1C. The van der Waals surface area contributed by atoms with Gasteiger partial charge in [-0.15, -0.1) is 0 Å². The van der Waals surface area contributed by atoms with E-state index in [-0.39, 0.29) is 0 Å². The highest BCUT2D eigenvalue weighted by molar-refractivity contribution is 5.26. The average Bonchev–Trinajstić information content (AvgIpc) is 2.46. The zero-order valence-electron chi connectivity index (χ0n) is 8.34. The van der Waals surface area contributed by atoms with Crippen molar-refractivity contribution in [1.82, 2.24) is 5.32 Å². The largest absolute Gasteiger partial charge is 0.472 e. The fourth-order valence-electron chi connectivity index (χ4n) is 2.24. The lowest BCUT2D eigenvalue weighted by atomic mass is 9.70. The van der Waals surface area contributed by atoms with Crippen LogP contribution in [-0.2, 0) is 0 Å². The van der Waals surface area contributed by atoms with E-state index in [0.29, 0.717) is 0 Å². The van der Waals surface area contributed by atoms with Gasteiger partial charge in [0.05, 0.1) is 12.5 Å². The van der Waals surface area contributed by atoms with Gasteiger partial charge < -0.3 is 9.73 Å². The van der Waals surface area contributed by atoms with E-state index in [1.54, 1.807) is 0 Å². The van der Waals surface area contributed by atoms with Gasteiger partial charge in [0.25, 0.3) is 0 Å². The van der Waals surface area contributed by atoms with Crippen molar-refractivity contribution >= 4 is 0 Å². The molecule has 0 aliphatic heterocycles. The normalized spacial score (nSPS) is 27.2. The molecule has 1 fully saturated rings. The summed E-state index contributed by atoms with van der Waals surface area (Å²) in [5, 5.41) is 3.25. The first-order valence-electron chi connectivity index (χ1n) is 5.00. The topological polar surface area (TPSA) is 25.2 Å². The lowest BCUT2D eigenvalue weighted by Gasteiger charge is -2.36. The van der Waals surface area contributed by atoms with Crippen LogP contribution in [0.1, 0.15) is 29.9 Å². The van der Waals surface area contributed by atoms with Gasteiger partial charge >= 0.3 is 0 Å². The summed E-state index contributed by atoms with van der Waals surface area (Å²) in [5.74, 6) is 1.56. The maximum absolute atomic E-state index is 5.21. The molecule has 1 N–H and O–H groups in total. The third-order valence-corrected chi connectivity index (χ3v) is 3.18. The minimum atomic E-state index is 0.742. The molecule has 2 unspecified atom stereocenters. The molecule has 0 bridgehead atoms. The van der Waals surface area contributed by atoms with Crippen molar-refractivity contribution in [1.29, 1.82) is 0 Å². The molecular formula is C11H17NO. The minimum Gasteiger partial charge on any atom is -0.472 e. The molecule has 13 heavy (non-hydrogen) atoms. The summed E-state index contributed by atoms with van der Waals surface area (Å²) in [5.41, 5.74) is 2.73. The van der Waals surface area contributed by atoms with E-state index in [1.807, 2.05) is 19.6 Å². The number of nitrogens with one attached hydrogen (secondary N) is 1. The Morgan fingerprint density at radius 1 is 1.46 bits per heavy atom. The Balaban J connectivity index is 2.06. The molecule has 0 radical (unpaired) electrons. The quantitative estimate of drug-likeness (QED) is 0.770. The molecule has 0 aromatic carbocycles. The summed E-state index contributed by atoms with van der Waals surface area (Å²) in [6.07, 6.45) is 6.45. The van der Waals surface area contributed by atoms with E-state index in [0.717, 1.165) is 18.4 Å². The van der Waals surface area contributed by atoms with Gasteiger partial charge in [0.15, 0.2) is 0 Å². The monoisotopic (exact) mass is 179 g/mol. The van der Waals surface area contributed by atoms with Crippen LogP contribution in [0.4, 0.5) is 0 Å². The zero-order valence-corrected chi connectivity index (χ0v) is 8.34. The molecule has 0 saturated heterocycles. The van der Waals surface area contributed by atoms with E-state index in [1.165, 1.54) is 24.0 Å².